The predicted molar refractivity (Wildman–Crippen MR) is 137 cm³/mol. The molecule has 0 unspecified atom stereocenters. The summed E-state index contributed by atoms with van der Waals surface area (Å²) in [7, 11) is 1.53. The molecule has 0 bridgehead atoms. The molecule has 5 nitrogen and oxygen atoms in total. The van der Waals surface area contributed by atoms with Crippen molar-refractivity contribution >= 4 is 63.8 Å². The molecule has 0 radical (unpaired) electrons. The van der Waals surface area contributed by atoms with E-state index in [0.29, 0.717) is 42.6 Å². The Bertz CT molecular complexity index is 1290. The third-order valence-electron chi connectivity index (χ3n) is 5.04. The third kappa shape index (κ3) is 5.53. The number of methoxy groups -OCH3 is 1. The lowest BCUT2D eigenvalue weighted by molar-refractivity contribution is -0.123. The monoisotopic (exact) mass is 533 g/mol. The first-order valence-electron chi connectivity index (χ1n) is 10.1. The van der Waals surface area contributed by atoms with E-state index < -0.39 is 0 Å². The number of hydrogen-bond donors (Lipinski definition) is 0. The van der Waals surface area contributed by atoms with Crippen molar-refractivity contribution in [2.75, 3.05) is 7.11 Å². The number of halogens is 3. The fourth-order valence-corrected chi connectivity index (χ4v) is 4.77. The summed E-state index contributed by atoms with van der Waals surface area (Å²) >= 11 is 19.2. The fourth-order valence-electron chi connectivity index (χ4n) is 3.27. The van der Waals surface area contributed by atoms with Crippen molar-refractivity contribution in [3.05, 3.63) is 97.3 Å². The zero-order chi connectivity index (χ0) is 24.2. The molecule has 1 aliphatic heterocycles. The summed E-state index contributed by atoms with van der Waals surface area (Å²) in [5, 5.41) is 1.13. The number of benzene rings is 3. The Kier molecular flexibility index (Phi) is 7.73. The van der Waals surface area contributed by atoms with Gasteiger partial charge in [-0.3, -0.25) is 14.5 Å². The van der Waals surface area contributed by atoms with Crippen molar-refractivity contribution in [1.82, 2.24) is 4.90 Å². The van der Waals surface area contributed by atoms with Gasteiger partial charge in [0.25, 0.3) is 11.1 Å². The van der Waals surface area contributed by atoms with Gasteiger partial charge in [-0.25, -0.2) is 0 Å². The lowest BCUT2D eigenvalue weighted by atomic mass is 10.1. The first-order chi connectivity index (χ1) is 16.4. The van der Waals surface area contributed by atoms with Crippen molar-refractivity contribution in [3.63, 3.8) is 0 Å². The van der Waals surface area contributed by atoms with Crippen LogP contribution in [0, 0.1) is 0 Å². The molecule has 1 saturated heterocycles. The van der Waals surface area contributed by atoms with Crippen LogP contribution in [0.5, 0.6) is 11.5 Å². The molecular formula is C25H18Cl3NO4S. The summed E-state index contributed by atoms with van der Waals surface area (Å²) in [6.07, 6.45) is 1.65. The normalized spacial score (nSPS) is 14.7. The van der Waals surface area contributed by atoms with E-state index in [0.717, 1.165) is 22.2 Å². The number of nitrogens with zero attached hydrogens (tertiary/aromatic N) is 1. The van der Waals surface area contributed by atoms with Crippen molar-refractivity contribution in [1.29, 1.82) is 0 Å². The Hall–Kier alpha value is -2.64. The smallest absolute Gasteiger partial charge is 0.293 e. The van der Waals surface area contributed by atoms with Crippen LogP contribution in [0.2, 0.25) is 15.1 Å². The van der Waals surface area contributed by atoms with Gasteiger partial charge in [0.05, 0.1) is 18.6 Å². The Labute approximate surface area is 216 Å². The minimum Gasteiger partial charge on any atom is -0.493 e. The molecule has 3 aromatic rings. The lowest BCUT2D eigenvalue weighted by Crippen LogP contribution is -2.27. The van der Waals surface area contributed by atoms with Gasteiger partial charge in [0, 0.05) is 20.6 Å². The maximum absolute atomic E-state index is 12.9. The first kappa shape index (κ1) is 24.5. The molecule has 174 valence electrons. The van der Waals surface area contributed by atoms with Gasteiger partial charge in [-0.2, -0.15) is 0 Å². The Morgan fingerprint density at radius 1 is 0.912 bits per heavy atom. The Morgan fingerprint density at radius 3 is 2.44 bits per heavy atom. The maximum atomic E-state index is 12.9. The molecular weight excluding hydrogens is 517 g/mol. The van der Waals surface area contributed by atoms with E-state index in [1.54, 1.807) is 48.5 Å². The number of carbonyl (C=O) groups is 2. The molecule has 0 atom stereocenters. The van der Waals surface area contributed by atoms with Crippen molar-refractivity contribution < 1.29 is 19.1 Å². The second kappa shape index (κ2) is 10.7. The van der Waals surface area contributed by atoms with Crippen LogP contribution in [0.4, 0.5) is 4.79 Å². The second-order valence-electron chi connectivity index (χ2n) is 7.29. The minimum absolute atomic E-state index is 0.0656. The van der Waals surface area contributed by atoms with Gasteiger partial charge in [-0.05, 0) is 59.3 Å². The van der Waals surface area contributed by atoms with Crippen molar-refractivity contribution in [2.45, 2.75) is 13.2 Å². The van der Waals surface area contributed by atoms with Crippen LogP contribution in [-0.2, 0) is 17.9 Å². The summed E-state index contributed by atoms with van der Waals surface area (Å²) in [6, 6.07) is 17.6. The minimum atomic E-state index is -0.390. The number of ether oxygens (including phenoxy) is 2. The Balaban J connectivity index is 1.50. The largest absolute Gasteiger partial charge is 0.493 e. The standard InChI is InChI=1S/C25H18Cl3NO4S/c1-32-22-10-15(6-9-21(22)33-14-17-4-2-3-5-19(17)27)11-23-24(30)29(25(31)34-23)13-16-7-8-18(26)12-20(16)28/h2-12H,13-14H2,1H3/b23-11+. The van der Waals surface area contributed by atoms with Crippen LogP contribution in [-0.4, -0.2) is 23.2 Å². The van der Waals surface area contributed by atoms with Gasteiger partial charge in [0.1, 0.15) is 6.61 Å². The molecule has 1 fully saturated rings. The van der Waals surface area contributed by atoms with Crippen molar-refractivity contribution in [3.8, 4) is 11.5 Å². The summed E-state index contributed by atoms with van der Waals surface area (Å²) in [6.45, 7) is 0.345. The molecule has 1 heterocycles. The SMILES string of the molecule is COc1cc(/C=C2/SC(=O)N(Cc3ccc(Cl)cc3Cl)C2=O)ccc1OCc1ccccc1Cl. The maximum Gasteiger partial charge on any atom is 0.293 e. The van der Waals surface area contributed by atoms with E-state index in [1.165, 1.54) is 7.11 Å². The average Bonchev–Trinajstić information content (AvgIpc) is 3.08. The molecule has 0 spiro atoms. The summed E-state index contributed by atoms with van der Waals surface area (Å²) in [5.74, 6) is 0.636. The molecule has 2 amide bonds. The lowest BCUT2D eigenvalue weighted by Gasteiger charge is -2.14. The molecule has 0 aliphatic carbocycles. The Morgan fingerprint density at radius 2 is 1.71 bits per heavy atom. The van der Waals surface area contributed by atoms with Gasteiger partial charge < -0.3 is 9.47 Å². The fraction of sp³-hybridized carbons (Fsp3) is 0.120. The molecule has 4 rings (SSSR count). The molecule has 0 aromatic heterocycles. The number of carbonyl (C=O) groups excluding carboxylic acids is 2. The topological polar surface area (TPSA) is 55.8 Å². The highest BCUT2D eigenvalue weighted by Crippen LogP contribution is 2.36. The predicted octanol–water partition coefficient (Wildman–Crippen LogP) is 7.47. The van der Waals surface area contributed by atoms with E-state index in [1.807, 2.05) is 18.2 Å². The van der Waals surface area contributed by atoms with E-state index in [2.05, 4.69) is 0 Å². The van der Waals surface area contributed by atoms with Gasteiger partial charge in [-0.15, -0.1) is 0 Å². The summed E-state index contributed by atoms with van der Waals surface area (Å²) in [5.41, 5.74) is 2.18. The number of hydrogen-bond acceptors (Lipinski definition) is 5. The zero-order valence-corrected chi connectivity index (χ0v) is 21.0. The van der Waals surface area contributed by atoms with E-state index >= 15 is 0 Å². The second-order valence-corrected chi connectivity index (χ2v) is 9.54. The van der Waals surface area contributed by atoms with Gasteiger partial charge in [0.2, 0.25) is 0 Å². The highest BCUT2D eigenvalue weighted by atomic mass is 35.5. The van der Waals surface area contributed by atoms with E-state index in [-0.39, 0.29) is 24.3 Å². The number of amides is 2. The molecule has 3 aromatic carbocycles. The molecule has 1 aliphatic rings. The number of rotatable bonds is 7. The van der Waals surface area contributed by atoms with Crippen LogP contribution in [0.1, 0.15) is 16.7 Å². The van der Waals surface area contributed by atoms with Gasteiger partial charge >= 0.3 is 0 Å². The van der Waals surface area contributed by atoms with Crippen LogP contribution < -0.4 is 9.47 Å². The molecule has 0 saturated carbocycles. The summed E-state index contributed by atoms with van der Waals surface area (Å²) < 4.78 is 11.3. The zero-order valence-electron chi connectivity index (χ0n) is 17.9. The molecule has 0 N–H and O–H groups in total. The molecule has 34 heavy (non-hydrogen) atoms. The number of thioether (sulfide) groups is 1. The summed E-state index contributed by atoms with van der Waals surface area (Å²) in [4.78, 5) is 26.9. The first-order valence-corrected chi connectivity index (χ1v) is 12.0. The van der Waals surface area contributed by atoms with Crippen LogP contribution in [0.3, 0.4) is 0 Å². The quantitative estimate of drug-likeness (QED) is 0.294. The van der Waals surface area contributed by atoms with Crippen molar-refractivity contribution in [2.24, 2.45) is 0 Å². The van der Waals surface area contributed by atoms with E-state index in [9.17, 15) is 9.59 Å². The highest BCUT2D eigenvalue weighted by molar-refractivity contribution is 8.18. The van der Waals surface area contributed by atoms with Crippen LogP contribution >= 0.6 is 46.6 Å². The average molecular weight is 535 g/mol. The van der Waals surface area contributed by atoms with Crippen LogP contribution in [0.15, 0.2) is 65.6 Å². The van der Waals surface area contributed by atoms with Gasteiger partial charge in [0.15, 0.2) is 11.5 Å². The number of imide groups is 1. The molecule has 9 heteroatoms. The third-order valence-corrected chi connectivity index (χ3v) is 6.91. The van der Waals surface area contributed by atoms with Gasteiger partial charge in [-0.1, -0.05) is 65.1 Å². The van der Waals surface area contributed by atoms with Crippen LogP contribution in [0.25, 0.3) is 6.08 Å². The van der Waals surface area contributed by atoms with E-state index in [4.69, 9.17) is 44.3 Å². The highest BCUT2D eigenvalue weighted by Gasteiger charge is 2.35.